The van der Waals surface area contributed by atoms with Gasteiger partial charge in [0.05, 0.1) is 0 Å². The van der Waals surface area contributed by atoms with E-state index in [2.05, 4.69) is 10.6 Å². The lowest BCUT2D eigenvalue weighted by Crippen LogP contribution is -2.46. The summed E-state index contributed by atoms with van der Waals surface area (Å²) in [7, 11) is 0. The number of carbonyl (C=O) groups excluding carboxylic acids is 3. The van der Waals surface area contributed by atoms with Gasteiger partial charge < -0.3 is 20.1 Å². The van der Waals surface area contributed by atoms with Crippen molar-refractivity contribution in [1.82, 2.24) is 10.6 Å². The third-order valence-electron chi connectivity index (χ3n) is 4.85. The fraction of sp³-hybridized carbons (Fsp3) is 0.591. The molecule has 2 unspecified atom stereocenters. The SMILES string of the molecule is CC(=O)NC1CCCC(NC(=O)COc2ccc(OCC(=O)C(C)(C)C)cc2)C1. The number of hydrogen-bond acceptors (Lipinski definition) is 5. The molecule has 2 amide bonds. The summed E-state index contributed by atoms with van der Waals surface area (Å²) in [4.78, 5) is 35.3. The average Bonchev–Trinajstić information content (AvgIpc) is 2.64. The van der Waals surface area contributed by atoms with E-state index in [1.807, 2.05) is 20.8 Å². The molecular weight excluding hydrogens is 372 g/mol. The molecule has 1 aromatic rings. The van der Waals surface area contributed by atoms with Crippen molar-refractivity contribution in [2.45, 2.75) is 65.5 Å². The summed E-state index contributed by atoms with van der Waals surface area (Å²) in [5, 5.41) is 5.89. The Bertz CT molecular complexity index is 709. The largest absolute Gasteiger partial charge is 0.486 e. The molecule has 2 rings (SSSR count). The lowest BCUT2D eigenvalue weighted by atomic mass is 9.91. The van der Waals surface area contributed by atoms with E-state index < -0.39 is 5.41 Å². The number of ketones is 1. The van der Waals surface area contributed by atoms with Crippen LogP contribution in [0.15, 0.2) is 24.3 Å². The van der Waals surface area contributed by atoms with E-state index in [1.165, 1.54) is 6.92 Å². The highest BCUT2D eigenvalue weighted by molar-refractivity contribution is 5.85. The molecule has 160 valence electrons. The molecule has 2 N–H and O–H groups in total. The second-order valence-electron chi connectivity index (χ2n) is 8.55. The Morgan fingerprint density at radius 1 is 0.931 bits per heavy atom. The third kappa shape index (κ3) is 8.13. The lowest BCUT2D eigenvalue weighted by molar-refractivity contribution is -0.128. The predicted octanol–water partition coefficient (Wildman–Crippen LogP) is 2.62. The molecule has 1 aliphatic carbocycles. The van der Waals surface area contributed by atoms with Gasteiger partial charge in [0.1, 0.15) is 18.1 Å². The van der Waals surface area contributed by atoms with Crippen LogP contribution in [0.25, 0.3) is 0 Å². The van der Waals surface area contributed by atoms with Gasteiger partial charge in [0.2, 0.25) is 5.91 Å². The minimum absolute atomic E-state index is 0.0208. The summed E-state index contributed by atoms with van der Waals surface area (Å²) < 4.78 is 11.0. The molecule has 7 heteroatoms. The van der Waals surface area contributed by atoms with Crippen LogP contribution in [0.5, 0.6) is 11.5 Å². The van der Waals surface area contributed by atoms with Crippen LogP contribution in [0.4, 0.5) is 0 Å². The molecule has 1 aliphatic rings. The average molecular weight is 405 g/mol. The van der Waals surface area contributed by atoms with Crippen molar-refractivity contribution in [3.05, 3.63) is 24.3 Å². The normalized spacial score (nSPS) is 19.2. The van der Waals surface area contributed by atoms with Crippen LogP contribution < -0.4 is 20.1 Å². The van der Waals surface area contributed by atoms with Gasteiger partial charge in [-0.2, -0.15) is 0 Å². The molecule has 1 aromatic carbocycles. The molecule has 7 nitrogen and oxygen atoms in total. The Balaban J connectivity index is 1.73. The molecule has 0 saturated heterocycles. The molecule has 2 atom stereocenters. The topological polar surface area (TPSA) is 93.7 Å². The van der Waals surface area contributed by atoms with E-state index in [0.29, 0.717) is 11.5 Å². The summed E-state index contributed by atoms with van der Waals surface area (Å²) in [6, 6.07) is 7.00. The van der Waals surface area contributed by atoms with Crippen LogP contribution >= 0.6 is 0 Å². The van der Waals surface area contributed by atoms with E-state index in [9.17, 15) is 14.4 Å². The van der Waals surface area contributed by atoms with E-state index in [4.69, 9.17) is 9.47 Å². The van der Waals surface area contributed by atoms with Crippen LogP contribution in [0.3, 0.4) is 0 Å². The Labute approximate surface area is 172 Å². The maximum atomic E-state index is 12.2. The number of hydrogen-bond donors (Lipinski definition) is 2. The van der Waals surface area contributed by atoms with Crippen LogP contribution in [0.1, 0.15) is 53.4 Å². The summed E-state index contributed by atoms with van der Waals surface area (Å²) in [5.74, 6) is 0.924. The van der Waals surface area contributed by atoms with Crippen LogP contribution in [-0.2, 0) is 14.4 Å². The highest BCUT2D eigenvalue weighted by Gasteiger charge is 2.24. The zero-order valence-corrected chi connectivity index (χ0v) is 17.7. The number of ether oxygens (including phenoxy) is 2. The first-order chi connectivity index (χ1) is 13.6. The number of Topliss-reactive ketones (excluding diaryl/α,β-unsaturated/α-hetero) is 1. The number of benzene rings is 1. The second kappa shape index (κ2) is 10.3. The predicted molar refractivity (Wildman–Crippen MR) is 110 cm³/mol. The molecule has 0 spiro atoms. The van der Waals surface area contributed by atoms with Gasteiger partial charge >= 0.3 is 0 Å². The molecule has 0 radical (unpaired) electrons. The van der Waals surface area contributed by atoms with Crippen LogP contribution in [0.2, 0.25) is 0 Å². The second-order valence-corrected chi connectivity index (χ2v) is 8.55. The fourth-order valence-electron chi connectivity index (χ4n) is 3.16. The van der Waals surface area contributed by atoms with Crippen molar-refractivity contribution >= 4 is 17.6 Å². The molecule has 0 heterocycles. The maximum absolute atomic E-state index is 12.2. The van der Waals surface area contributed by atoms with Gasteiger partial charge in [-0.05, 0) is 49.9 Å². The van der Waals surface area contributed by atoms with E-state index in [-0.39, 0.29) is 42.9 Å². The molecule has 29 heavy (non-hydrogen) atoms. The van der Waals surface area contributed by atoms with Gasteiger partial charge in [0, 0.05) is 24.4 Å². The highest BCUT2D eigenvalue weighted by Crippen LogP contribution is 2.20. The van der Waals surface area contributed by atoms with E-state index in [0.717, 1.165) is 25.7 Å². The number of rotatable bonds is 8. The highest BCUT2D eigenvalue weighted by atomic mass is 16.5. The first-order valence-corrected chi connectivity index (χ1v) is 10.1. The lowest BCUT2D eigenvalue weighted by Gasteiger charge is -2.30. The minimum Gasteiger partial charge on any atom is -0.486 e. The van der Waals surface area contributed by atoms with Gasteiger partial charge in [0.25, 0.3) is 5.91 Å². The van der Waals surface area contributed by atoms with Crippen molar-refractivity contribution in [3.8, 4) is 11.5 Å². The molecule has 0 aromatic heterocycles. The minimum atomic E-state index is -0.434. The smallest absolute Gasteiger partial charge is 0.258 e. The number of nitrogens with one attached hydrogen (secondary N) is 2. The van der Waals surface area contributed by atoms with Crippen molar-refractivity contribution in [3.63, 3.8) is 0 Å². The molecular formula is C22H32N2O5. The van der Waals surface area contributed by atoms with Gasteiger partial charge in [-0.25, -0.2) is 0 Å². The van der Waals surface area contributed by atoms with Crippen molar-refractivity contribution < 1.29 is 23.9 Å². The standard InChI is InChI=1S/C22H32N2O5/c1-15(25)23-16-6-5-7-17(12-16)24-21(27)14-29-19-10-8-18(9-11-19)28-13-20(26)22(2,3)4/h8-11,16-17H,5-7,12-14H2,1-4H3,(H,23,25)(H,24,27). The first kappa shape index (κ1) is 22.7. The Kier molecular flexibility index (Phi) is 8.05. The number of carbonyl (C=O) groups is 3. The van der Waals surface area contributed by atoms with E-state index >= 15 is 0 Å². The van der Waals surface area contributed by atoms with Gasteiger partial charge in [-0.3, -0.25) is 14.4 Å². The molecule has 1 saturated carbocycles. The van der Waals surface area contributed by atoms with Gasteiger partial charge in [-0.15, -0.1) is 0 Å². The number of amides is 2. The quantitative estimate of drug-likeness (QED) is 0.695. The maximum Gasteiger partial charge on any atom is 0.258 e. The molecule has 0 bridgehead atoms. The Morgan fingerprint density at radius 3 is 1.97 bits per heavy atom. The Morgan fingerprint density at radius 2 is 1.45 bits per heavy atom. The summed E-state index contributed by atoms with van der Waals surface area (Å²) in [6.45, 7) is 7.02. The van der Waals surface area contributed by atoms with Crippen LogP contribution in [0, 0.1) is 5.41 Å². The summed E-state index contributed by atoms with van der Waals surface area (Å²) in [6.07, 6.45) is 3.56. The first-order valence-electron chi connectivity index (χ1n) is 10.1. The molecule has 0 aliphatic heterocycles. The fourth-order valence-corrected chi connectivity index (χ4v) is 3.16. The Hall–Kier alpha value is -2.57. The summed E-state index contributed by atoms with van der Waals surface area (Å²) in [5.41, 5.74) is -0.434. The zero-order valence-electron chi connectivity index (χ0n) is 17.7. The summed E-state index contributed by atoms with van der Waals surface area (Å²) >= 11 is 0. The van der Waals surface area contributed by atoms with E-state index in [1.54, 1.807) is 24.3 Å². The third-order valence-corrected chi connectivity index (χ3v) is 4.85. The van der Waals surface area contributed by atoms with Crippen LogP contribution in [-0.4, -0.2) is 42.9 Å². The van der Waals surface area contributed by atoms with Crippen molar-refractivity contribution in [1.29, 1.82) is 0 Å². The monoisotopic (exact) mass is 404 g/mol. The van der Waals surface area contributed by atoms with Crippen molar-refractivity contribution in [2.24, 2.45) is 5.41 Å². The van der Waals surface area contributed by atoms with Crippen molar-refractivity contribution in [2.75, 3.05) is 13.2 Å². The zero-order chi connectivity index (χ0) is 21.4. The van der Waals surface area contributed by atoms with Gasteiger partial charge in [0.15, 0.2) is 12.4 Å². The van der Waals surface area contributed by atoms with Gasteiger partial charge in [-0.1, -0.05) is 20.8 Å². The molecule has 1 fully saturated rings.